The van der Waals surface area contributed by atoms with E-state index in [1.165, 1.54) is 4.31 Å². The molecule has 0 aromatic heterocycles. The summed E-state index contributed by atoms with van der Waals surface area (Å²) in [6, 6.07) is 23.2. The van der Waals surface area contributed by atoms with Crippen LogP contribution < -0.4 is 10.1 Å². The molecule has 0 unspecified atom stereocenters. The fraction of sp³-hybridized carbons (Fsp3) is 0.208. The molecule has 4 rings (SSSR count). The molecule has 7 heteroatoms. The third-order valence-corrected chi connectivity index (χ3v) is 7.37. The van der Waals surface area contributed by atoms with Gasteiger partial charge in [0.05, 0.1) is 30.5 Å². The predicted octanol–water partition coefficient (Wildman–Crippen LogP) is 4.77. The summed E-state index contributed by atoms with van der Waals surface area (Å²) in [6.07, 6.45) is -0.586. The van der Waals surface area contributed by atoms with Crippen molar-refractivity contribution in [1.29, 1.82) is 5.26 Å². The van der Waals surface area contributed by atoms with Crippen molar-refractivity contribution < 1.29 is 13.2 Å². The minimum atomic E-state index is -3.88. The van der Waals surface area contributed by atoms with Gasteiger partial charge in [-0.2, -0.15) is 9.57 Å². The summed E-state index contributed by atoms with van der Waals surface area (Å²) in [6.45, 7) is 1.91. The molecule has 31 heavy (non-hydrogen) atoms. The molecule has 3 aromatic rings. The molecule has 1 aliphatic heterocycles. The number of anilines is 1. The van der Waals surface area contributed by atoms with Crippen LogP contribution in [-0.2, 0) is 10.0 Å². The SMILES string of the molecule is COc1ccc(N[C@@H]2c3ccccc3[C@H](CC#N)N2S(=O)(=O)c2ccc(C)cc2)cc1. The Hall–Kier alpha value is -3.34. The van der Waals surface area contributed by atoms with Crippen LogP contribution in [0.15, 0.2) is 77.7 Å². The predicted molar refractivity (Wildman–Crippen MR) is 119 cm³/mol. The summed E-state index contributed by atoms with van der Waals surface area (Å²) in [5.74, 6) is 0.712. The standard InChI is InChI=1S/C24H23N3O3S/c1-17-7-13-20(14-8-17)31(28,29)27-23(15-16-25)21-5-3-4-6-22(21)24(27)26-18-9-11-19(30-2)12-10-18/h3-14,23-24,26H,15H2,1-2H3/t23-,24-/m0/s1. The molecular weight excluding hydrogens is 410 g/mol. The van der Waals surface area contributed by atoms with E-state index in [0.29, 0.717) is 5.75 Å². The van der Waals surface area contributed by atoms with Gasteiger partial charge in [0.1, 0.15) is 11.9 Å². The van der Waals surface area contributed by atoms with Crippen molar-refractivity contribution >= 4 is 15.7 Å². The Balaban J connectivity index is 1.82. The van der Waals surface area contributed by atoms with Crippen molar-refractivity contribution in [3.8, 4) is 11.8 Å². The van der Waals surface area contributed by atoms with Gasteiger partial charge in [0.2, 0.25) is 10.0 Å². The zero-order valence-corrected chi connectivity index (χ0v) is 18.1. The fourth-order valence-corrected chi connectivity index (χ4v) is 5.62. The molecule has 1 N–H and O–H groups in total. The number of nitrogens with zero attached hydrogens (tertiary/aromatic N) is 2. The van der Waals surface area contributed by atoms with Gasteiger partial charge in [-0.05, 0) is 54.4 Å². The Labute approximate surface area is 182 Å². The van der Waals surface area contributed by atoms with Crippen LogP contribution in [0.1, 0.15) is 35.3 Å². The summed E-state index contributed by atoms with van der Waals surface area (Å²) in [4.78, 5) is 0.204. The number of hydrogen-bond acceptors (Lipinski definition) is 5. The van der Waals surface area contributed by atoms with Gasteiger partial charge in [0, 0.05) is 5.69 Å². The normalized spacial score (nSPS) is 18.2. The van der Waals surface area contributed by atoms with E-state index >= 15 is 0 Å². The smallest absolute Gasteiger partial charge is 0.245 e. The first-order valence-electron chi connectivity index (χ1n) is 9.92. The third-order valence-electron chi connectivity index (χ3n) is 5.49. The number of nitrogens with one attached hydrogen (secondary N) is 1. The van der Waals surface area contributed by atoms with E-state index in [1.54, 1.807) is 31.4 Å². The van der Waals surface area contributed by atoms with Crippen LogP contribution in [0, 0.1) is 18.3 Å². The molecule has 3 aromatic carbocycles. The number of rotatable bonds is 6. The van der Waals surface area contributed by atoms with E-state index in [9.17, 15) is 13.7 Å². The van der Waals surface area contributed by atoms with E-state index in [1.807, 2.05) is 55.5 Å². The maximum atomic E-state index is 13.8. The average molecular weight is 434 g/mol. The molecule has 1 aliphatic rings. The molecule has 0 bridgehead atoms. The van der Waals surface area contributed by atoms with Gasteiger partial charge in [-0.3, -0.25) is 0 Å². The van der Waals surface area contributed by atoms with Crippen molar-refractivity contribution in [2.24, 2.45) is 0 Å². The molecule has 1 heterocycles. The van der Waals surface area contributed by atoms with E-state index < -0.39 is 22.2 Å². The quantitative estimate of drug-likeness (QED) is 0.605. The van der Waals surface area contributed by atoms with Crippen LogP contribution in [0.3, 0.4) is 0 Å². The van der Waals surface area contributed by atoms with Crippen molar-refractivity contribution in [3.63, 3.8) is 0 Å². The Morgan fingerprint density at radius 3 is 2.26 bits per heavy atom. The summed E-state index contributed by atoms with van der Waals surface area (Å²) in [5.41, 5.74) is 3.41. The highest BCUT2D eigenvalue weighted by Crippen LogP contribution is 2.47. The van der Waals surface area contributed by atoms with Crippen LogP contribution in [0.25, 0.3) is 0 Å². The summed E-state index contributed by atoms with van der Waals surface area (Å²) in [5, 5.41) is 12.8. The highest BCUT2D eigenvalue weighted by atomic mass is 32.2. The second-order valence-corrected chi connectivity index (χ2v) is 9.27. The minimum absolute atomic E-state index is 0.0584. The lowest BCUT2D eigenvalue weighted by atomic mass is 10.0. The number of benzene rings is 3. The highest BCUT2D eigenvalue weighted by molar-refractivity contribution is 7.89. The van der Waals surface area contributed by atoms with E-state index in [-0.39, 0.29) is 11.3 Å². The Kier molecular flexibility index (Phi) is 5.68. The van der Waals surface area contributed by atoms with Crippen LogP contribution in [0.2, 0.25) is 0 Å². The first-order valence-corrected chi connectivity index (χ1v) is 11.4. The summed E-state index contributed by atoms with van der Waals surface area (Å²) < 4.78 is 34.2. The number of hydrogen-bond donors (Lipinski definition) is 1. The Morgan fingerprint density at radius 1 is 1.00 bits per heavy atom. The zero-order valence-electron chi connectivity index (χ0n) is 17.3. The van der Waals surface area contributed by atoms with Gasteiger partial charge in [0.15, 0.2) is 0 Å². The van der Waals surface area contributed by atoms with Gasteiger partial charge < -0.3 is 10.1 Å². The third kappa shape index (κ3) is 3.88. The number of nitriles is 1. The molecule has 6 nitrogen and oxygen atoms in total. The summed E-state index contributed by atoms with van der Waals surface area (Å²) >= 11 is 0. The molecule has 0 spiro atoms. The maximum Gasteiger partial charge on any atom is 0.245 e. The van der Waals surface area contributed by atoms with E-state index in [4.69, 9.17) is 4.74 Å². The second-order valence-electron chi connectivity index (χ2n) is 7.43. The van der Waals surface area contributed by atoms with E-state index in [2.05, 4.69) is 11.4 Å². The first kappa shape index (κ1) is 20.9. The highest BCUT2D eigenvalue weighted by Gasteiger charge is 2.45. The van der Waals surface area contributed by atoms with Crippen molar-refractivity contribution in [2.45, 2.75) is 30.4 Å². The van der Waals surface area contributed by atoms with Crippen LogP contribution in [0.4, 0.5) is 5.69 Å². The van der Waals surface area contributed by atoms with Gasteiger partial charge in [-0.25, -0.2) is 8.42 Å². The number of aryl methyl sites for hydroxylation is 1. The number of ether oxygens (including phenoxy) is 1. The van der Waals surface area contributed by atoms with Gasteiger partial charge in [-0.15, -0.1) is 0 Å². The van der Waals surface area contributed by atoms with Crippen LogP contribution in [0.5, 0.6) is 5.75 Å². The molecule has 158 valence electrons. The van der Waals surface area contributed by atoms with Gasteiger partial charge in [0.25, 0.3) is 0 Å². The molecule has 0 fully saturated rings. The topological polar surface area (TPSA) is 82.4 Å². The van der Waals surface area contributed by atoms with Crippen LogP contribution in [-0.4, -0.2) is 19.8 Å². The van der Waals surface area contributed by atoms with Crippen molar-refractivity contribution in [2.75, 3.05) is 12.4 Å². The van der Waals surface area contributed by atoms with Gasteiger partial charge >= 0.3 is 0 Å². The molecular formula is C24H23N3O3S. The fourth-order valence-electron chi connectivity index (χ4n) is 3.93. The maximum absolute atomic E-state index is 13.8. The lowest BCUT2D eigenvalue weighted by Gasteiger charge is -2.30. The molecule has 0 aliphatic carbocycles. The zero-order chi connectivity index (χ0) is 22.0. The largest absolute Gasteiger partial charge is 0.497 e. The minimum Gasteiger partial charge on any atom is -0.497 e. The number of sulfonamides is 1. The lowest BCUT2D eigenvalue weighted by molar-refractivity contribution is 0.309. The molecule has 0 radical (unpaired) electrons. The second kappa shape index (κ2) is 8.42. The van der Waals surface area contributed by atoms with Crippen molar-refractivity contribution in [1.82, 2.24) is 4.31 Å². The number of methoxy groups -OCH3 is 1. The Morgan fingerprint density at radius 2 is 1.65 bits per heavy atom. The summed E-state index contributed by atoms with van der Waals surface area (Å²) in [7, 11) is -2.29. The first-order chi connectivity index (χ1) is 15.0. The molecule has 0 saturated carbocycles. The lowest BCUT2D eigenvalue weighted by Crippen LogP contribution is -2.36. The molecule has 2 atom stereocenters. The van der Waals surface area contributed by atoms with Crippen molar-refractivity contribution in [3.05, 3.63) is 89.5 Å². The molecule has 0 saturated heterocycles. The average Bonchev–Trinajstić information content (AvgIpc) is 3.09. The van der Waals surface area contributed by atoms with Gasteiger partial charge in [-0.1, -0.05) is 42.0 Å². The Bertz CT molecular complexity index is 1220. The molecule has 0 amide bonds. The van der Waals surface area contributed by atoms with E-state index in [0.717, 1.165) is 22.4 Å². The monoisotopic (exact) mass is 433 g/mol. The van der Waals surface area contributed by atoms with Crippen LogP contribution >= 0.6 is 0 Å². The number of fused-ring (bicyclic) bond motifs is 1.